The molecule has 0 saturated carbocycles. The normalized spacial score (nSPS) is 10.9. The fourth-order valence-corrected chi connectivity index (χ4v) is 6.14. The Bertz CT molecular complexity index is 1450. The topological polar surface area (TPSA) is 81.7 Å². The molecule has 4 rings (SSSR count). The summed E-state index contributed by atoms with van der Waals surface area (Å²) in [5.74, 6) is -1.97. The van der Waals surface area contributed by atoms with Crippen LogP contribution in [0.15, 0.2) is 47.8 Å². The highest BCUT2D eigenvalue weighted by Crippen LogP contribution is 2.39. The summed E-state index contributed by atoms with van der Waals surface area (Å²) in [4.78, 5) is 38.0. The zero-order valence-electron chi connectivity index (χ0n) is 18.0. The maximum Gasteiger partial charge on any atom is 0.350 e. The fraction of sp³-hybridized carbons (Fsp3) is 0.125. The predicted octanol–water partition coefficient (Wildman–Crippen LogP) is 7.56. The number of halogens is 3. The third-order valence-electron chi connectivity index (χ3n) is 4.80. The van der Waals surface area contributed by atoms with Gasteiger partial charge in [-0.15, -0.1) is 22.7 Å². The minimum absolute atomic E-state index is 0.156. The number of esters is 2. The van der Waals surface area contributed by atoms with Gasteiger partial charge in [0.2, 0.25) is 0 Å². The number of thiophene rings is 2. The van der Waals surface area contributed by atoms with Crippen LogP contribution in [0.2, 0.25) is 15.1 Å². The molecule has 0 aliphatic rings. The maximum atomic E-state index is 12.7. The van der Waals surface area contributed by atoms with Crippen molar-refractivity contribution in [2.75, 3.05) is 18.5 Å². The number of hydrogen-bond acceptors (Lipinski definition) is 7. The number of ether oxygens (including phenoxy) is 2. The smallest absolute Gasteiger partial charge is 0.350 e. The SMILES string of the molecule is CCOC(=O)c1c(-c2ccccc2Cl)csc1NC(=O)COC(=O)c1sc2cc(Cl)ccc2c1Cl. The Morgan fingerprint density at radius 1 is 0.971 bits per heavy atom. The van der Waals surface area contributed by atoms with Gasteiger partial charge in [0.1, 0.15) is 15.4 Å². The van der Waals surface area contributed by atoms with Gasteiger partial charge < -0.3 is 14.8 Å². The van der Waals surface area contributed by atoms with E-state index in [1.807, 2.05) is 0 Å². The number of amides is 1. The summed E-state index contributed by atoms with van der Waals surface area (Å²) in [6.07, 6.45) is 0. The quantitative estimate of drug-likeness (QED) is 0.233. The monoisotopic (exact) mass is 567 g/mol. The van der Waals surface area contributed by atoms with Crippen LogP contribution in [0.4, 0.5) is 5.00 Å². The van der Waals surface area contributed by atoms with Gasteiger partial charge in [-0.25, -0.2) is 9.59 Å². The lowest BCUT2D eigenvalue weighted by Gasteiger charge is -2.10. The highest BCUT2D eigenvalue weighted by atomic mass is 35.5. The highest BCUT2D eigenvalue weighted by Gasteiger charge is 2.25. The van der Waals surface area contributed by atoms with Gasteiger partial charge in [-0.2, -0.15) is 0 Å². The number of rotatable bonds is 7. The minimum Gasteiger partial charge on any atom is -0.462 e. The van der Waals surface area contributed by atoms with Crippen molar-refractivity contribution in [2.45, 2.75) is 6.92 Å². The Kier molecular flexibility index (Phi) is 7.98. The number of carbonyl (C=O) groups excluding carboxylic acids is 3. The first kappa shape index (κ1) is 25.5. The second-order valence-electron chi connectivity index (χ2n) is 7.06. The van der Waals surface area contributed by atoms with Crippen LogP contribution in [-0.2, 0) is 14.3 Å². The molecule has 0 fully saturated rings. The van der Waals surface area contributed by atoms with Crippen LogP contribution < -0.4 is 5.32 Å². The van der Waals surface area contributed by atoms with Crippen LogP contribution in [0.25, 0.3) is 21.2 Å². The molecule has 1 N–H and O–H groups in total. The zero-order chi connectivity index (χ0) is 25.1. The third kappa shape index (κ3) is 5.47. The van der Waals surface area contributed by atoms with E-state index < -0.39 is 24.5 Å². The Morgan fingerprint density at radius 3 is 2.49 bits per heavy atom. The molecule has 0 bridgehead atoms. The Morgan fingerprint density at radius 2 is 1.74 bits per heavy atom. The van der Waals surface area contributed by atoms with Crippen molar-refractivity contribution in [2.24, 2.45) is 0 Å². The molecule has 0 saturated heterocycles. The average molecular weight is 569 g/mol. The van der Waals surface area contributed by atoms with E-state index in [2.05, 4.69) is 5.32 Å². The van der Waals surface area contributed by atoms with E-state index >= 15 is 0 Å². The standard InChI is InChI=1S/C24H16Cl3NO5S2/c1-2-32-23(30)19-15(13-5-3-4-6-16(13)26)11-34-22(19)28-18(29)10-33-24(31)21-20(27)14-8-7-12(25)9-17(14)35-21/h3-9,11H,2,10H2,1H3,(H,28,29). The summed E-state index contributed by atoms with van der Waals surface area (Å²) in [6, 6.07) is 12.1. The van der Waals surface area contributed by atoms with E-state index in [0.29, 0.717) is 26.6 Å². The van der Waals surface area contributed by atoms with Crippen LogP contribution in [0, 0.1) is 0 Å². The molecule has 2 aromatic heterocycles. The molecule has 0 atom stereocenters. The summed E-state index contributed by atoms with van der Waals surface area (Å²) in [5, 5.41) is 6.46. The third-order valence-corrected chi connectivity index (χ3v) is 7.90. The van der Waals surface area contributed by atoms with E-state index in [9.17, 15) is 14.4 Å². The number of fused-ring (bicyclic) bond motifs is 1. The number of carbonyl (C=O) groups is 3. The number of hydrogen-bond donors (Lipinski definition) is 1. The molecule has 35 heavy (non-hydrogen) atoms. The van der Waals surface area contributed by atoms with Crippen molar-refractivity contribution < 1.29 is 23.9 Å². The molecule has 4 aromatic rings. The van der Waals surface area contributed by atoms with Gasteiger partial charge in [0, 0.05) is 36.6 Å². The van der Waals surface area contributed by atoms with Crippen LogP contribution in [0.3, 0.4) is 0 Å². The molecule has 0 spiro atoms. The van der Waals surface area contributed by atoms with Crippen LogP contribution >= 0.6 is 57.5 Å². The molecule has 1 amide bonds. The summed E-state index contributed by atoms with van der Waals surface area (Å²) >= 11 is 20.9. The van der Waals surface area contributed by atoms with E-state index in [0.717, 1.165) is 27.4 Å². The maximum absolute atomic E-state index is 12.7. The Hall–Kier alpha value is -2.62. The molecule has 0 aliphatic heterocycles. The molecular formula is C24H16Cl3NO5S2. The largest absolute Gasteiger partial charge is 0.462 e. The average Bonchev–Trinajstić information content (AvgIpc) is 3.38. The molecule has 0 radical (unpaired) electrons. The lowest BCUT2D eigenvalue weighted by atomic mass is 10.0. The predicted molar refractivity (Wildman–Crippen MR) is 141 cm³/mol. The van der Waals surface area contributed by atoms with E-state index in [1.165, 1.54) is 0 Å². The molecule has 2 heterocycles. The summed E-state index contributed by atoms with van der Waals surface area (Å²) in [5.41, 5.74) is 1.33. The molecule has 0 unspecified atom stereocenters. The van der Waals surface area contributed by atoms with Crippen LogP contribution in [0.5, 0.6) is 0 Å². The van der Waals surface area contributed by atoms with E-state index in [-0.39, 0.29) is 27.1 Å². The Balaban J connectivity index is 1.51. The van der Waals surface area contributed by atoms with Gasteiger partial charge in [0.15, 0.2) is 6.61 Å². The first-order chi connectivity index (χ1) is 16.8. The lowest BCUT2D eigenvalue weighted by molar-refractivity contribution is -0.119. The molecule has 11 heteroatoms. The van der Waals surface area contributed by atoms with Crippen molar-refractivity contribution in [3.63, 3.8) is 0 Å². The fourth-order valence-electron chi connectivity index (χ4n) is 3.26. The van der Waals surface area contributed by atoms with Crippen molar-refractivity contribution in [1.82, 2.24) is 0 Å². The van der Waals surface area contributed by atoms with E-state index in [1.54, 1.807) is 54.8 Å². The van der Waals surface area contributed by atoms with Gasteiger partial charge in [0.05, 0.1) is 11.6 Å². The first-order valence-corrected chi connectivity index (χ1v) is 13.0. The van der Waals surface area contributed by atoms with Crippen molar-refractivity contribution in [3.05, 3.63) is 73.4 Å². The second kappa shape index (κ2) is 11.0. The van der Waals surface area contributed by atoms with Crippen molar-refractivity contribution >= 4 is 90.4 Å². The van der Waals surface area contributed by atoms with Gasteiger partial charge in [0.25, 0.3) is 5.91 Å². The molecule has 180 valence electrons. The van der Waals surface area contributed by atoms with Gasteiger partial charge in [-0.05, 0) is 25.1 Å². The Labute approximate surface area is 223 Å². The molecule has 2 aromatic carbocycles. The minimum atomic E-state index is -0.740. The van der Waals surface area contributed by atoms with Crippen LogP contribution in [0.1, 0.15) is 27.0 Å². The van der Waals surface area contributed by atoms with Crippen molar-refractivity contribution in [1.29, 1.82) is 0 Å². The van der Waals surface area contributed by atoms with Crippen LogP contribution in [-0.4, -0.2) is 31.1 Å². The molecule has 0 aliphatic carbocycles. The number of nitrogens with one attached hydrogen (secondary N) is 1. The van der Waals surface area contributed by atoms with Gasteiger partial charge in [-0.1, -0.05) is 59.1 Å². The zero-order valence-corrected chi connectivity index (χ0v) is 21.9. The highest BCUT2D eigenvalue weighted by molar-refractivity contribution is 7.21. The second-order valence-corrected chi connectivity index (χ2v) is 10.2. The molecular weight excluding hydrogens is 553 g/mol. The van der Waals surface area contributed by atoms with Gasteiger partial charge >= 0.3 is 11.9 Å². The number of benzene rings is 2. The number of anilines is 1. The van der Waals surface area contributed by atoms with E-state index in [4.69, 9.17) is 44.3 Å². The van der Waals surface area contributed by atoms with Crippen molar-refractivity contribution in [3.8, 4) is 11.1 Å². The summed E-state index contributed by atoms with van der Waals surface area (Å²) in [7, 11) is 0. The summed E-state index contributed by atoms with van der Waals surface area (Å²) in [6.45, 7) is 1.26. The molecule has 6 nitrogen and oxygen atoms in total. The summed E-state index contributed by atoms with van der Waals surface area (Å²) < 4.78 is 11.1. The van der Waals surface area contributed by atoms with Gasteiger partial charge in [-0.3, -0.25) is 4.79 Å². The lowest BCUT2D eigenvalue weighted by Crippen LogP contribution is -2.21. The first-order valence-electron chi connectivity index (χ1n) is 10.2.